The summed E-state index contributed by atoms with van der Waals surface area (Å²) in [6, 6.07) is 4.63. The van der Waals surface area contributed by atoms with Gasteiger partial charge in [-0.05, 0) is 24.6 Å². The average Bonchev–Trinajstić information content (AvgIpc) is 2.07. The molecule has 0 radical (unpaired) electrons. The van der Waals surface area contributed by atoms with Gasteiger partial charge < -0.3 is 0 Å². The molecule has 0 aliphatic carbocycles. The van der Waals surface area contributed by atoms with Crippen molar-refractivity contribution in [2.75, 3.05) is 0 Å². The summed E-state index contributed by atoms with van der Waals surface area (Å²) in [4.78, 5) is 0. The zero-order chi connectivity index (χ0) is 10.9. The first-order chi connectivity index (χ1) is 6.32. The molecule has 6 heteroatoms. The van der Waals surface area contributed by atoms with E-state index in [1.165, 1.54) is 13.0 Å². The molecular formula is C8H9Cl2NO2S. The summed E-state index contributed by atoms with van der Waals surface area (Å²) in [5.74, 6) is 0. The van der Waals surface area contributed by atoms with Crippen LogP contribution in [0.3, 0.4) is 0 Å². The van der Waals surface area contributed by atoms with Gasteiger partial charge in [0.05, 0.1) is 15.3 Å². The lowest BCUT2D eigenvalue weighted by Gasteiger charge is -2.09. The van der Waals surface area contributed by atoms with Gasteiger partial charge in [0.2, 0.25) is 10.0 Å². The number of halogens is 2. The summed E-state index contributed by atoms with van der Waals surface area (Å²) in [6.07, 6.45) is 0. The normalized spacial score (nSPS) is 14.0. The Bertz CT molecular complexity index is 445. The van der Waals surface area contributed by atoms with Crippen LogP contribution >= 0.6 is 23.2 Å². The number of hydrogen-bond acceptors (Lipinski definition) is 2. The Hall–Kier alpha value is -0.290. The number of rotatable bonds is 2. The van der Waals surface area contributed by atoms with Gasteiger partial charge in [0.25, 0.3) is 0 Å². The maximum absolute atomic E-state index is 11.0. The van der Waals surface area contributed by atoms with E-state index in [9.17, 15) is 8.42 Å². The maximum atomic E-state index is 11.0. The quantitative estimate of drug-likeness (QED) is 0.880. The lowest BCUT2D eigenvalue weighted by molar-refractivity contribution is 0.588. The van der Waals surface area contributed by atoms with E-state index < -0.39 is 15.3 Å². The second-order valence-corrected chi connectivity index (χ2v) is 5.60. The largest absolute Gasteiger partial charge is 0.228 e. The van der Waals surface area contributed by atoms with Gasteiger partial charge in [-0.2, -0.15) is 0 Å². The van der Waals surface area contributed by atoms with Gasteiger partial charge in [0.1, 0.15) is 0 Å². The van der Waals surface area contributed by atoms with Crippen LogP contribution in [0.1, 0.15) is 17.7 Å². The summed E-state index contributed by atoms with van der Waals surface area (Å²) >= 11 is 11.4. The fourth-order valence-electron chi connectivity index (χ4n) is 0.955. The van der Waals surface area contributed by atoms with Gasteiger partial charge in [-0.1, -0.05) is 29.3 Å². The third-order valence-corrected chi connectivity index (χ3v) is 3.90. The van der Waals surface area contributed by atoms with Crippen LogP contribution in [0.4, 0.5) is 0 Å². The van der Waals surface area contributed by atoms with Gasteiger partial charge in [0, 0.05) is 0 Å². The van der Waals surface area contributed by atoms with Crippen LogP contribution in [0.5, 0.6) is 0 Å². The zero-order valence-electron chi connectivity index (χ0n) is 7.37. The molecule has 0 saturated carbocycles. The summed E-state index contributed by atoms with van der Waals surface area (Å²) in [6.45, 7) is 1.49. The van der Waals surface area contributed by atoms with Crippen LogP contribution in [0.15, 0.2) is 18.2 Å². The summed E-state index contributed by atoms with van der Waals surface area (Å²) in [5.41, 5.74) is 0.530. The molecule has 1 aromatic carbocycles. The molecule has 0 amide bonds. The fraction of sp³-hybridized carbons (Fsp3) is 0.250. The third-order valence-electron chi connectivity index (χ3n) is 1.91. The Labute approximate surface area is 92.9 Å². The first-order valence-corrected chi connectivity index (χ1v) is 6.15. The predicted octanol–water partition coefficient (Wildman–Crippen LogP) is 2.34. The summed E-state index contributed by atoms with van der Waals surface area (Å²) < 4.78 is 22.1. The van der Waals surface area contributed by atoms with Crippen LogP contribution in [0.25, 0.3) is 0 Å². The molecule has 0 aliphatic rings. The van der Waals surface area contributed by atoms with Crippen molar-refractivity contribution >= 4 is 33.2 Å². The fourth-order valence-corrected chi connectivity index (χ4v) is 1.79. The van der Waals surface area contributed by atoms with Gasteiger partial charge in [-0.3, -0.25) is 0 Å². The van der Waals surface area contributed by atoms with Gasteiger partial charge in [-0.15, -0.1) is 0 Å². The molecule has 0 fully saturated rings. The van der Waals surface area contributed by atoms with E-state index in [1.54, 1.807) is 12.1 Å². The smallest absolute Gasteiger partial charge is 0.215 e. The van der Waals surface area contributed by atoms with E-state index in [2.05, 4.69) is 0 Å². The second kappa shape index (κ2) is 4.06. The van der Waals surface area contributed by atoms with E-state index >= 15 is 0 Å². The van der Waals surface area contributed by atoms with Crippen LogP contribution in [0, 0.1) is 0 Å². The Balaban J connectivity index is 3.16. The molecule has 0 heterocycles. The lowest BCUT2D eigenvalue weighted by Crippen LogP contribution is -2.19. The Kier molecular flexibility index (Phi) is 3.42. The number of benzene rings is 1. The van der Waals surface area contributed by atoms with Crippen LogP contribution < -0.4 is 5.14 Å². The minimum atomic E-state index is -3.59. The van der Waals surface area contributed by atoms with Crippen molar-refractivity contribution in [1.82, 2.24) is 0 Å². The number of nitrogens with two attached hydrogens (primary N) is 1. The van der Waals surface area contributed by atoms with Crippen LogP contribution in [0.2, 0.25) is 10.0 Å². The molecule has 0 saturated heterocycles. The minimum Gasteiger partial charge on any atom is -0.228 e. The summed E-state index contributed by atoms with van der Waals surface area (Å²) in [7, 11) is -3.59. The molecule has 0 spiro atoms. The lowest BCUT2D eigenvalue weighted by atomic mass is 10.2. The molecule has 78 valence electrons. The average molecular weight is 254 g/mol. The van der Waals surface area contributed by atoms with Gasteiger partial charge >= 0.3 is 0 Å². The van der Waals surface area contributed by atoms with Gasteiger partial charge in [0.15, 0.2) is 0 Å². The SMILES string of the molecule is CC(c1ccc(Cl)c(Cl)c1)S(N)(=O)=O. The molecule has 1 aromatic rings. The molecule has 0 bridgehead atoms. The molecule has 2 N–H and O–H groups in total. The highest BCUT2D eigenvalue weighted by atomic mass is 35.5. The number of hydrogen-bond donors (Lipinski definition) is 1. The Morgan fingerprint density at radius 1 is 1.29 bits per heavy atom. The highest BCUT2D eigenvalue weighted by Crippen LogP contribution is 2.27. The highest BCUT2D eigenvalue weighted by molar-refractivity contribution is 7.89. The Morgan fingerprint density at radius 2 is 1.86 bits per heavy atom. The van der Waals surface area contributed by atoms with Crippen molar-refractivity contribution in [3.8, 4) is 0 Å². The molecule has 3 nitrogen and oxygen atoms in total. The first kappa shape index (κ1) is 11.8. The molecule has 0 aromatic heterocycles. The minimum absolute atomic E-state index is 0.319. The molecule has 1 rings (SSSR count). The zero-order valence-corrected chi connectivity index (χ0v) is 9.70. The standard InChI is InChI=1S/C8H9Cl2NO2S/c1-5(14(11,12)13)6-2-3-7(9)8(10)4-6/h2-5H,1H3,(H2,11,12,13). The topological polar surface area (TPSA) is 60.2 Å². The van der Waals surface area contributed by atoms with Crippen molar-refractivity contribution in [2.45, 2.75) is 12.2 Å². The van der Waals surface area contributed by atoms with Crippen molar-refractivity contribution in [3.05, 3.63) is 33.8 Å². The monoisotopic (exact) mass is 253 g/mol. The first-order valence-electron chi connectivity index (χ1n) is 3.79. The van der Waals surface area contributed by atoms with E-state index in [0.29, 0.717) is 15.6 Å². The van der Waals surface area contributed by atoms with E-state index in [1.807, 2.05) is 0 Å². The maximum Gasteiger partial charge on any atom is 0.215 e. The number of sulfonamides is 1. The molecular weight excluding hydrogens is 245 g/mol. The van der Waals surface area contributed by atoms with E-state index in [-0.39, 0.29) is 0 Å². The van der Waals surface area contributed by atoms with Gasteiger partial charge in [-0.25, -0.2) is 13.6 Å². The van der Waals surface area contributed by atoms with E-state index in [4.69, 9.17) is 28.3 Å². The highest BCUT2D eigenvalue weighted by Gasteiger charge is 2.18. The van der Waals surface area contributed by atoms with Crippen molar-refractivity contribution < 1.29 is 8.42 Å². The molecule has 1 unspecified atom stereocenters. The van der Waals surface area contributed by atoms with Crippen molar-refractivity contribution in [3.63, 3.8) is 0 Å². The number of primary sulfonamides is 1. The van der Waals surface area contributed by atoms with Crippen LogP contribution in [-0.2, 0) is 10.0 Å². The predicted molar refractivity (Wildman–Crippen MR) is 58.0 cm³/mol. The second-order valence-electron chi connectivity index (χ2n) is 2.90. The van der Waals surface area contributed by atoms with E-state index in [0.717, 1.165) is 0 Å². The van der Waals surface area contributed by atoms with Crippen LogP contribution in [-0.4, -0.2) is 8.42 Å². The molecule has 1 atom stereocenters. The third kappa shape index (κ3) is 2.60. The van der Waals surface area contributed by atoms with Crippen molar-refractivity contribution in [2.24, 2.45) is 5.14 Å². The summed E-state index contributed by atoms with van der Waals surface area (Å²) in [5, 5.41) is 4.92. The van der Waals surface area contributed by atoms with Crippen molar-refractivity contribution in [1.29, 1.82) is 0 Å². The molecule has 14 heavy (non-hydrogen) atoms. The molecule has 0 aliphatic heterocycles. The Morgan fingerprint density at radius 3 is 2.29 bits per heavy atom.